The molecule has 0 aromatic heterocycles. The van der Waals surface area contributed by atoms with Crippen LogP contribution in [0.2, 0.25) is 0 Å². The van der Waals surface area contributed by atoms with E-state index in [4.69, 9.17) is 0 Å². The first kappa shape index (κ1) is 25.0. The van der Waals surface area contributed by atoms with Gasteiger partial charge in [-0.25, -0.2) is 0 Å². The van der Waals surface area contributed by atoms with Crippen LogP contribution < -0.4 is 0 Å². The Morgan fingerprint density at radius 2 is 0.556 bits per heavy atom. The third-order valence-corrected chi connectivity index (χ3v) is 14.5. The lowest BCUT2D eigenvalue weighted by Gasteiger charge is -2.62. The molecule has 0 aliphatic heterocycles. The first-order valence-electron chi connectivity index (χ1n) is 17.9. The van der Waals surface area contributed by atoms with E-state index in [-0.39, 0.29) is 0 Å². The monoisotopic (exact) mass is 492 g/mol. The molecule has 7 fully saturated rings. The van der Waals surface area contributed by atoms with Gasteiger partial charge in [0.05, 0.1) is 0 Å². The summed E-state index contributed by atoms with van der Waals surface area (Å²) >= 11 is 0. The van der Waals surface area contributed by atoms with Crippen LogP contribution in [0.4, 0.5) is 0 Å². The molecule has 0 aromatic rings. The van der Waals surface area contributed by atoms with Gasteiger partial charge in [0.25, 0.3) is 0 Å². The largest absolute Gasteiger partial charge is 0.0533 e. The maximum absolute atomic E-state index is 1.64. The minimum atomic E-state index is 1.12. The highest BCUT2D eigenvalue weighted by atomic mass is 14.6. The zero-order chi connectivity index (χ0) is 23.9. The van der Waals surface area contributed by atoms with Crippen LogP contribution in [0.1, 0.15) is 154 Å². The van der Waals surface area contributed by atoms with Crippen molar-refractivity contribution in [1.82, 2.24) is 0 Å². The molecule has 0 heteroatoms. The Labute approximate surface area is 224 Å². The molecule has 7 unspecified atom stereocenters. The van der Waals surface area contributed by atoms with Crippen molar-refractivity contribution in [1.29, 1.82) is 0 Å². The zero-order valence-electron chi connectivity index (χ0n) is 23.9. The fourth-order valence-electron chi connectivity index (χ4n) is 13.3. The molecule has 7 atom stereocenters. The molecule has 0 bridgehead atoms. The lowest BCUT2D eigenvalue weighted by molar-refractivity contribution is -0.129. The van der Waals surface area contributed by atoms with Crippen molar-refractivity contribution in [2.45, 2.75) is 154 Å². The third kappa shape index (κ3) is 4.67. The number of fused-ring (bicyclic) bond motifs is 3. The van der Waals surface area contributed by atoms with Gasteiger partial charge in [-0.2, -0.15) is 0 Å². The van der Waals surface area contributed by atoms with Gasteiger partial charge in [0, 0.05) is 0 Å². The molecule has 36 heavy (non-hydrogen) atoms. The second-order valence-corrected chi connectivity index (χ2v) is 15.8. The Hall–Kier alpha value is 0. The van der Waals surface area contributed by atoms with Gasteiger partial charge in [0.15, 0.2) is 0 Å². The van der Waals surface area contributed by atoms with Crippen molar-refractivity contribution in [3.8, 4) is 0 Å². The summed E-state index contributed by atoms with van der Waals surface area (Å²) in [6.45, 7) is 0. The lowest BCUT2D eigenvalue weighted by atomic mass is 9.43. The fourth-order valence-corrected chi connectivity index (χ4v) is 13.3. The van der Waals surface area contributed by atoms with Crippen molar-refractivity contribution in [3.05, 3.63) is 0 Å². The highest BCUT2D eigenvalue weighted by Gasteiger charge is 2.56. The molecule has 7 aliphatic rings. The van der Waals surface area contributed by atoms with E-state index in [2.05, 4.69) is 0 Å². The average molecular weight is 493 g/mol. The SMILES string of the molecule is C1CCC(C2CCC(C3C4CCCCC4C(C4CCCC5CCCCC54)C4CCCCC43)CC2)CC1. The van der Waals surface area contributed by atoms with Gasteiger partial charge in [0.1, 0.15) is 0 Å². The minimum absolute atomic E-state index is 1.12. The van der Waals surface area contributed by atoms with Crippen LogP contribution in [0.3, 0.4) is 0 Å². The summed E-state index contributed by atoms with van der Waals surface area (Å²) in [5.41, 5.74) is 0. The van der Waals surface area contributed by atoms with Gasteiger partial charge in [0.2, 0.25) is 0 Å². The normalized spacial score (nSPS) is 50.5. The highest BCUT2D eigenvalue weighted by Crippen LogP contribution is 2.64. The van der Waals surface area contributed by atoms with Gasteiger partial charge in [-0.3, -0.25) is 0 Å². The summed E-state index contributed by atoms with van der Waals surface area (Å²) in [5.74, 6) is 13.7. The molecule has 0 radical (unpaired) electrons. The molecule has 0 saturated heterocycles. The van der Waals surface area contributed by atoms with E-state index in [1.807, 2.05) is 0 Å². The molecular weight excluding hydrogens is 432 g/mol. The Bertz CT molecular complexity index is 669. The molecule has 204 valence electrons. The van der Waals surface area contributed by atoms with Crippen molar-refractivity contribution < 1.29 is 0 Å². The van der Waals surface area contributed by atoms with Crippen LogP contribution in [0.25, 0.3) is 0 Å². The fraction of sp³-hybridized carbons (Fsp3) is 1.00. The molecule has 0 heterocycles. The van der Waals surface area contributed by atoms with E-state index in [9.17, 15) is 0 Å². The van der Waals surface area contributed by atoms with E-state index in [1.54, 1.807) is 148 Å². The molecular formula is C36H60. The zero-order valence-corrected chi connectivity index (χ0v) is 23.9. The van der Waals surface area contributed by atoms with E-state index >= 15 is 0 Å². The summed E-state index contributed by atoms with van der Waals surface area (Å²) in [7, 11) is 0. The predicted octanol–water partition coefficient (Wildman–Crippen LogP) is 10.8. The molecule has 7 saturated carbocycles. The first-order valence-corrected chi connectivity index (χ1v) is 17.9. The number of rotatable bonds is 3. The van der Waals surface area contributed by atoms with Gasteiger partial charge >= 0.3 is 0 Å². The van der Waals surface area contributed by atoms with Crippen molar-refractivity contribution in [2.24, 2.45) is 71.0 Å². The van der Waals surface area contributed by atoms with E-state index in [0.29, 0.717) is 0 Å². The predicted molar refractivity (Wildman–Crippen MR) is 153 cm³/mol. The smallest absolute Gasteiger partial charge is 0.0321 e. The van der Waals surface area contributed by atoms with E-state index < -0.39 is 0 Å². The quantitative estimate of drug-likeness (QED) is 0.367. The van der Waals surface area contributed by atoms with Gasteiger partial charge in [-0.15, -0.1) is 0 Å². The van der Waals surface area contributed by atoms with Crippen LogP contribution in [0.15, 0.2) is 0 Å². The van der Waals surface area contributed by atoms with Crippen molar-refractivity contribution in [3.63, 3.8) is 0 Å². The van der Waals surface area contributed by atoms with Crippen LogP contribution in [0, 0.1) is 71.0 Å². The van der Waals surface area contributed by atoms with Crippen molar-refractivity contribution >= 4 is 0 Å². The average Bonchev–Trinajstić information content (AvgIpc) is 2.96. The first-order chi connectivity index (χ1) is 17.9. The van der Waals surface area contributed by atoms with E-state index in [0.717, 1.165) is 71.0 Å². The molecule has 0 spiro atoms. The topological polar surface area (TPSA) is 0 Å². The number of hydrogen-bond donors (Lipinski definition) is 0. The molecule has 0 aromatic carbocycles. The van der Waals surface area contributed by atoms with Gasteiger partial charge in [-0.1, -0.05) is 89.9 Å². The highest BCUT2D eigenvalue weighted by molar-refractivity contribution is 5.05. The third-order valence-electron chi connectivity index (χ3n) is 14.5. The Morgan fingerprint density at radius 3 is 1.19 bits per heavy atom. The summed E-state index contributed by atoms with van der Waals surface area (Å²) in [6.07, 6.45) is 38.3. The van der Waals surface area contributed by atoms with Crippen molar-refractivity contribution in [2.75, 3.05) is 0 Å². The maximum atomic E-state index is 1.64. The van der Waals surface area contributed by atoms with Crippen LogP contribution in [0.5, 0.6) is 0 Å². The Morgan fingerprint density at radius 1 is 0.194 bits per heavy atom. The van der Waals surface area contributed by atoms with E-state index in [1.165, 1.54) is 6.42 Å². The van der Waals surface area contributed by atoms with Gasteiger partial charge in [-0.05, 0) is 135 Å². The second-order valence-electron chi connectivity index (χ2n) is 15.8. The summed E-state index contributed by atoms with van der Waals surface area (Å²) < 4.78 is 0. The Balaban J connectivity index is 1.13. The lowest BCUT2D eigenvalue weighted by Crippen LogP contribution is -2.55. The molecule has 0 amide bonds. The van der Waals surface area contributed by atoms with Gasteiger partial charge < -0.3 is 0 Å². The summed E-state index contributed by atoms with van der Waals surface area (Å²) in [5, 5.41) is 0. The number of hydrogen-bond acceptors (Lipinski definition) is 0. The maximum Gasteiger partial charge on any atom is -0.0321 e. The Kier molecular flexibility index (Phi) is 7.80. The molecule has 7 rings (SSSR count). The standard InChI is InChI=1S/C36H60/c1-2-11-25(12-3-1)26-21-23-28(24-22-26)35-31-16-6-8-18-33(31)36(34-19-9-7-17-32(34)35)30-20-10-14-27-13-4-5-15-29(27)30/h25-36H,1-24H2. The summed E-state index contributed by atoms with van der Waals surface area (Å²) in [6, 6.07) is 0. The van der Waals surface area contributed by atoms with Crippen LogP contribution in [-0.2, 0) is 0 Å². The van der Waals surface area contributed by atoms with Crippen LogP contribution in [-0.4, -0.2) is 0 Å². The molecule has 7 aliphatic carbocycles. The summed E-state index contributed by atoms with van der Waals surface area (Å²) in [4.78, 5) is 0. The minimum Gasteiger partial charge on any atom is -0.0533 e. The second kappa shape index (κ2) is 11.2. The van der Waals surface area contributed by atoms with Crippen LogP contribution >= 0.6 is 0 Å². The molecule has 0 nitrogen and oxygen atoms in total. The molecule has 0 N–H and O–H groups in total.